The zero-order valence-corrected chi connectivity index (χ0v) is 19.7. The topological polar surface area (TPSA) is 98.7 Å². The zero-order chi connectivity index (χ0) is 24.6. The Morgan fingerprint density at radius 3 is 2.64 bits per heavy atom. The second-order valence-corrected chi connectivity index (χ2v) is 9.37. The van der Waals surface area contributed by atoms with Crippen molar-refractivity contribution in [1.82, 2.24) is 9.88 Å². The Kier molecular flexibility index (Phi) is 5.56. The highest BCUT2D eigenvalue weighted by molar-refractivity contribution is 6.39. The molecule has 2 aromatic heterocycles. The molecular weight excluding hydrogens is 456 g/mol. The van der Waals surface area contributed by atoms with Crippen LogP contribution >= 0.6 is 0 Å². The molecule has 4 heterocycles. The number of piperidine rings is 1. The Morgan fingerprint density at radius 1 is 1.00 bits per heavy atom. The maximum absolute atomic E-state index is 12.9. The lowest BCUT2D eigenvalue weighted by Gasteiger charge is -2.31. The van der Waals surface area contributed by atoms with E-state index < -0.39 is 11.8 Å². The van der Waals surface area contributed by atoms with E-state index in [0.717, 1.165) is 29.6 Å². The van der Waals surface area contributed by atoms with E-state index in [1.165, 1.54) is 23.5 Å². The van der Waals surface area contributed by atoms with Crippen LogP contribution in [0, 0.1) is 0 Å². The van der Waals surface area contributed by atoms with Crippen LogP contribution in [0.5, 0.6) is 0 Å². The predicted octanol–water partition coefficient (Wildman–Crippen LogP) is 4.31. The lowest BCUT2D eigenvalue weighted by Crippen LogP contribution is -2.43. The monoisotopic (exact) mass is 482 g/mol. The van der Waals surface area contributed by atoms with Crippen molar-refractivity contribution in [2.45, 2.75) is 25.2 Å². The van der Waals surface area contributed by atoms with Gasteiger partial charge in [0.1, 0.15) is 6.26 Å². The van der Waals surface area contributed by atoms with E-state index in [9.17, 15) is 14.4 Å². The molecule has 2 aliphatic heterocycles. The predicted molar refractivity (Wildman–Crippen MR) is 136 cm³/mol. The van der Waals surface area contributed by atoms with Gasteiger partial charge in [-0.25, -0.2) is 0 Å². The number of aromatic nitrogens is 1. The van der Waals surface area contributed by atoms with Gasteiger partial charge in [0.2, 0.25) is 0 Å². The molecule has 0 spiro atoms. The van der Waals surface area contributed by atoms with Crippen LogP contribution in [0.1, 0.15) is 40.2 Å². The summed E-state index contributed by atoms with van der Waals surface area (Å²) in [5, 5.41) is 3.97. The summed E-state index contributed by atoms with van der Waals surface area (Å²) in [4.78, 5) is 45.0. The molecule has 0 atom stereocenters. The quantitative estimate of drug-likeness (QED) is 0.425. The molecule has 0 bridgehead atoms. The van der Waals surface area contributed by atoms with Crippen molar-refractivity contribution in [3.63, 3.8) is 0 Å². The number of rotatable bonds is 3. The fraction of sp³-hybridized carbons (Fsp3) is 0.250. The largest absolute Gasteiger partial charge is 0.472 e. The molecule has 6 rings (SSSR count). The number of likely N-dealkylation sites (tertiary alicyclic amines) is 1. The number of nitrogens with zero attached hydrogens (tertiary/aromatic N) is 2. The molecule has 4 aromatic rings. The van der Waals surface area contributed by atoms with Gasteiger partial charge in [-0.2, -0.15) is 0 Å². The molecule has 8 heteroatoms. The number of furan rings is 1. The summed E-state index contributed by atoms with van der Waals surface area (Å²) in [5.74, 6) is -0.905. The normalized spacial score (nSPS) is 15.8. The number of hydrogen-bond donors (Lipinski definition) is 2. The highest BCUT2D eigenvalue weighted by Crippen LogP contribution is 2.34. The van der Waals surface area contributed by atoms with Crippen molar-refractivity contribution >= 4 is 40.0 Å². The average Bonchev–Trinajstić information content (AvgIpc) is 3.68. The number of H-pyrrole nitrogens is 1. The van der Waals surface area contributed by atoms with Crippen molar-refractivity contribution in [2.24, 2.45) is 0 Å². The number of aromatic amines is 1. The van der Waals surface area contributed by atoms with Gasteiger partial charge in [0.05, 0.1) is 11.8 Å². The lowest BCUT2D eigenvalue weighted by molar-refractivity contribution is -0.143. The van der Waals surface area contributed by atoms with Crippen LogP contribution in [0.25, 0.3) is 10.9 Å². The molecule has 0 aliphatic carbocycles. The third-order valence-electron chi connectivity index (χ3n) is 7.28. The zero-order valence-electron chi connectivity index (χ0n) is 19.7. The van der Waals surface area contributed by atoms with Gasteiger partial charge in [-0.1, -0.05) is 18.2 Å². The minimum absolute atomic E-state index is 0.120. The molecule has 2 N–H and O–H groups in total. The molecule has 1 saturated heterocycles. The van der Waals surface area contributed by atoms with Crippen LogP contribution in [-0.2, 0) is 16.0 Å². The number of carbonyl (C=O) groups is 3. The summed E-state index contributed by atoms with van der Waals surface area (Å²) in [6, 6.07) is 15.3. The summed E-state index contributed by atoms with van der Waals surface area (Å²) < 4.78 is 5.03. The van der Waals surface area contributed by atoms with Crippen LogP contribution in [0.4, 0.5) is 11.4 Å². The Bertz CT molecular complexity index is 1450. The maximum Gasteiger partial charge on any atom is 0.313 e. The molecule has 2 aliphatic rings. The summed E-state index contributed by atoms with van der Waals surface area (Å²) in [7, 11) is 0. The molecule has 0 radical (unpaired) electrons. The van der Waals surface area contributed by atoms with Crippen LogP contribution in [0.15, 0.2) is 71.7 Å². The lowest BCUT2D eigenvalue weighted by atomic mass is 9.89. The van der Waals surface area contributed by atoms with Gasteiger partial charge in [-0.05, 0) is 66.6 Å². The summed E-state index contributed by atoms with van der Waals surface area (Å²) in [6.07, 6.45) is 7.30. The first-order valence-electron chi connectivity index (χ1n) is 12.2. The van der Waals surface area contributed by atoms with E-state index in [1.54, 1.807) is 21.9 Å². The van der Waals surface area contributed by atoms with E-state index in [4.69, 9.17) is 4.42 Å². The van der Waals surface area contributed by atoms with Gasteiger partial charge in [-0.3, -0.25) is 14.4 Å². The second kappa shape index (κ2) is 9.03. The van der Waals surface area contributed by atoms with Crippen LogP contribution in [0.2, 0.25) is 0 Å². The first-order valence-corrected chi connectivity index (χ1v) is 12.2. The average molecular weight is 483 g/mol. The first-order chi connectivity index (χ1) is 17.6. The molecule has 0 unspecified atom stereocenters. The third-order valence-corrected chi connectivity index (χ3v) is 7.28. The Morgan fingerprint density at radius 2 is 1.83 bits per heavy atom. The van der Waals surface area contributed by atoms with Crippen LogP contribution in [-0.4, -0.2) is 47.2 Å². The van der Waals surface area contributed by atoms with Crippen molar-refractivity contribution < 1.29 is 18.8 Å². The van der Waals surface area contributed by atoms with Crippen molar-refractivity contribution in [1.29, 1.82) is 0 Å². The number of para-hydroxylation sites is 1. The number of hydrogen-bond acceptors (Lipinski definition) is 4. The minimum atomic E-state index is -0.634. The van der Waals surface area contributed by atoms with Crippen molar-refractivity contribution in [3.8, 4) is 0 Å². The smallest absolute Gasteiger partial charge is 0.313 e. The van der Waals surface area contributed by atoms with Crippen molar-refractivity contribution in [2.75, 3.05) is 29.9 Å². The number of carbonyl (C=O) groups excluding carboxylic acids is 3. The molecular formula is C28H26N4O4. The van der Waals surface area contributed by atoms with Gasteiger partial charge < -0.3 is 24.5 Å². The third kappa shape index (κ3) is 3.94. The first kappa shape index (κ1) is 22.2. The molecule has 8 nitrogen and oxygen atoms in total. The Balaban J connectivity index is 1.07. The Hall–Kier alpha value is -4.33. The van der Waals surface area contributed by atoms with Crippen LogP contribution < -0.4 is 10.2 Å². The van der Waals surface area contributed by atoms with Gasteiger partial charge in [0.25, 0.3) is 5.91 Å². The summed E-state index contributed by atoms with van der Waals surface area (Å²) >= 11 is 0. The van der Waals surface area contributed by atoms with E-state index >= 15 is 0 Å². The van der Waals surface area contributed by atoms with E-state index in [1.807, 2.05) is 24.3 Å². The number of fused-ring (bicyclic) bond motifs is 2. The molecule has 36 heavy (non-hydrogen) atoms. The number of benzene rings is 2. The van der Waals surface area contributed by atoms with Crippen LogP contribution in [0.3, 0.4) is 0 Å². The highest BCUT2D eigenvalue weighted by Gasteiger charge is 2.30. The molecule has 2 aromatic carbocycles. The SMILES string of the molecule is O=C(Nc1ccc2c(c1)CCN2C(=O)c1ccoc1)C(=O)N1CCC(c2c[nH]c3ccccc23)CC1. The number of amides is 3. The van der Waals surface area contributed by atoms with Crippen molar-refractivity contribution in [3.05, 3.63) is 83.9 Å². The molecule has 3 amide bonds. The molecule has 182 valence electrons. The van der Waals surface area contributed by atoms with Gasteiger partial charge >= 0.3 is 11.8 Å². The fourth-order valence-corrected chi connectivity index (χ4v) is 5.39. The van der Waals surface area contributed by atoms with Gasteiger partial charge in [0.15, 0.2) is 0 Å². The van der Waals surface area contributed by atoms with Gasteiger partial charge in [-0.15, -0.1) is 0 Å². The number of anilines is 2. The van der Waals surface area contributed by atoms with E-state index in [2.05, 4.69) is 28.6 Å². The summed E-state index contributed by atoms with van der Waals surface area (Å²) in [6.45, 7) is 1.65. The standard InChI is InChI=1S/C28H26N4O4/c33-26(28(35)31-11-7-18(8-12-31)23-16-29-24-4-2-1-3-22(23)24)30-21-5-6-25-19(15-21)9-13-32(25)27(34)20-10-14-36-17-20/h1-6,10,14-18,29H,7-9,11-13H2,(H,30,33). The summed E-state index contributed by atoms with van der Waals surface area (Å²) in [5.41, 5.74) is 5.22. The maximum atomic E-state index is 12.9. The van der Waals surface area contributed by atoms with Gasteiger partial charge in [0, 0.05) is 48.1 Å². The second-order valence-electron chi connectivity index (χ2n) is 9.37. The van der Waals surface area contributed by atoms with E-state index in [-0.39, 0.29) is 5.91 Å². The minimum Gasteiger partial charge on any atom is -0.472 e. The Labute approximate surface area is 207 Å². The van der Waals surface area contributed by atoms with E-state index in [0.29, 0.717) is 43.2 Å². The molecule has 1 fully saturated rings. The number of nitrogens with one attached hydrogen (secondary N) is 2. The molecule has 0 saturated carbocycles. The fourth-order valence-electron chi connectivity index (χ4n) is 5.39. The highest BCUT2D eigenvalue weighted by atomic mass is 16.3.